The lowest BCUT2D eigenvalue weighted by Crippen LogP contribution is -2.06. The molecule has 0 fully saturated rings. The minimum absolute atomic E-state index is 0.133. The van der Waals surface area contributed by atoms with Crippen LogP contribution in [-0.2, 0) is 6.54 Å². The predicted octanol–water partition coefficient (Wildman–Crippen LogP) is 3.26. The van der Waals surface area contributed by atoms with Crippen LogP contribution in [0.3, 0.4) is 0 Å². The van der Waals surface area contributed by atoms with Gasteiger partial charge in [-0.05, 0) is 26.0 Å². The van der Waals surface area contributed by atoms with Crippen molar-refractivity contribution >= 4 is 11.4 Å². The fraction of sp³-hybridized carbons (Fsp3) is 0.286. The van der Waals surface area contributed by atoms with Crippen LogP contribution in [0.15, 0.2) is 41.2 Å². The van der Waals surface area contributed by atoms with Crippen LogP contribution in [0.25, 0.3) is 0 Å². The summed E-state index contributed by atoms with van der Waals surface area (Å²) in [5.41, 5.74) is 8.55. The number of anilines is 2. The normalized spacial score (nSPS) is 10.6. The molecule has 4 nitrogen and oxygen atoms in total. The van der Waals surface area contributed by atoms with E-state index in [1.165, 1.54) is 0 Å². The van der Waals surface area contributed by atoms with Crippen LogP contribution in [0.2, 0.25) is 0 Å². The van der Waals surface area contributed by atoms with Gasteiger partial charge in [-0.2, -0.15) is 0 Å². The van der Waals surface area contributed by atoms with Crippen molar-refractivity contribution in [2.75, 3.05) is 11.1 Å². The number of nitrogen functional groups attached to an aromatic ring is 1. The molecule has 0 saturated heterocycles. The summed E-state index contributed by atoms with van der Waals surface area (Å²) in [6.07, 6.45) is 3.50. The Morgan fingerprint density at radius 2 is 2.17 bits per heavy atom. The number of nitrogens with two attached hydrogens (primary N) is 1. The van der Waals surface area contributed by atoms with E-state index in [0.29, 0.717) is 12.2 Å². The summed E-state index contributed by atoms with van der Waals surface area (Å²) in [5, 5.41) is 3.28. The molecule has 1 aromatic carbocycles. The summed E-state index contributed by atoms with van der Waals surface area (Å²) in [4.78, 5) is 0. The summed E-state index contributed by atoms with van der Waals surface area (Å²) in [5.74, 6) is 0.777. The number of hydrogen-bond donors (Lipinski definition) is 2. The average Bonchev–Trinajstić information content (AvgIpc) is 2.77. The molecule has 4 heteroatoms. The third-order valence-corrected chi connectivity index (χ3v) is 2.38. The first kappa shape index (κ1) is 12.4. The zero-order chi connectivity index (χ0) is 13.0. The highest BCUT2D eigenvalue weighted by Gasteiger charge is 2.02. The van der Waals surface area contributed by atoms with Crippen molar-refractivity contribution in [1.29, 1.82) is 0 Å². The molecule has 0 amide bonds. The summed E-state index contributed by atoms with van der Waals surface area (Å²) in [6, 6.07) is 7.57. The molecule has 3 N–H and O–H groups in total. The van der Waals surface area contributed by atoms with Gasteiger partial charge in [-0.1, -0.05) is 0 Å². The summed E-state index contributed by atoms with van der Waals surface area (Å²) >= 11 is 0. The molecule has 96 valence electrons. The van der Waals surface area contributed by atoms with E-state index in [0.717, 1.165) is 17.0 Å². The van der Waals surface area contributed by atoms with Gasteiger partial charge in [-0.3, -0.25) is 0 Å². The Morgan fingerprint density at radius 3 is 2.83 bits per heavy atom. The molecule has 0 radical (unpaired) electrons. The van der Waals surface area contributed by atoms with Crippen molar-refractivity contribution in [1.82, 2.24) is 0 Å². The second-order valence-corrected chi connectivity index (χ2v) is 4.44. The van der Waals surface area contributed by atoms with E-state index in [1.807, 2.05) is 38.1 Å². The Labute approximate surface area is 107 Å². The Balaban J connectivity index is 2.05. The van der Waals surface area contributed by atoms with Crippen molar-refractivity contribution in [2.24, 2.45) is 0 Å². The molecule has 0 spiro atoms. The lowest BCUT2D eigenvalue weighted by atomic mass is 10.2. The van der Waals surface area contributed by atoms with Crippen molar-refractivity contribution < 1.29 is 9.15 Å². The molecule has 2 rings (SSSR count). The van der Waals surface area contributed by atoms with Crippen molar-refractivity contribution in [2.45, 2.75) is 26.5 Å². The van der Waals surface area contributed by atoms with Crippen molar-refractivity contribution in [3.05, 3.63) is 42.4 Å². The molecule has 0 atom stereocenters. The highest BCUT2D eigenvalue weighted by molar-refractivity contribution is 5.59. The van der Waals surface area contributed by atoms with Gasteiger partial charge in [0.25, 0.3) is 0 Å². The van der Waals surface area contributed by atoms with Crippen LogP contribution >= 0.6 is 0 Å². The SMILES string of the molecule is CC(C)Oc1cc(N)cc(NCc2ccoc2)c1. The minimum Gasteiger partial charge on any atom is -0.491 e. The monoisotopic (exact) mass is 246 g/mol. The lowest BCUT2D eigenvalue weighted by Gasteiger charge is -2.13. The Hall–Kier alpha value is -2.10. The van der Waals surface area contributed by atoms with Crippen LogP contribution < -0.4 is 15.8 Å². The molecule has 0 saturated carbocycles. The molecule has 0 unspecified atom stereocenters. The number of nitrogens with one attached hydrogen (secondary N) is 1. The quantitative estimate of drug-likeness (QED) is 0.795. The molecule has 18 heavy (non-hydrogen) atoms. The van der Waals surface area contributed by atoms with Crippen LogP contribution in [-0.4, -0.2) is 6.10 Å². The first-order valence-electron chi connectivity index (χ1n) is 5.95. The smallest absolute Gasteiger partial charge is 0.123 e. The van der Waals surface area contributed by atoms with E-state index in [9.17, 15) is 0 Å². The van der Waals surface area contributed by atoms with E-state index in [2.05, 4.69) is 5.32 Å². The second kappa shape index (κ2) is 5.49. The Bertz CT molecular complexity index is 493. The van der Waals surface area contributed by atoms with Crippen LogP contribution in [0.5, 0.6) is 5.75 Å². The number of ether oxygens (including phenoxy) is 1. The zero-order valence-electron chi connectivity index (χ0n) is 10.6. The van der Waals surface area contributed by atoms with E-state index in [-0.39, 0.29) is 6.10 Å². The number of rotatable bonds is 5. The van der Waals surface area contributed by atoms with Gasteiger partial charge in [-0.25, -0.2) is 0 Å². The van der Waals surface area contributed by atoms with Gasteiger partial charge in [0, 0.05) is 35.6 Å². The van der Waals surface area contributed by atoms with Crippen LogP contribution in [0.4, 0.5) is 11.4 Å². The first-order valence-corrected chi connectivity index (χ1v) is 5.95. The van der Waals surface area contributed by atoms with Gasteiger partial charge in [-0.15, -0.1) is 0 Å². The Kier molecular flexibility index (Phi) is 3.77. The topological polar surface area (TPSA) is 60.4 Å². The highest BCUT2D eigenvalue weighted by Crippen LogP contribution is 2.24. The van der Waals surface area contributed by atoms with Gasteiger partial charge >= 0.3 is 0 Å². The minimum atomic E-state index is 0.133. The summed E-state index contributed by atoms with van der Waals surface area (Å²) in [6.45, 7) is 4.67. The van der Waals surface area contributed by atoms with Crippen LogP contribution in [0.1, 0.15) is 19.4 Å². The van der Waals surface area contributed by atoms with Gasteiger partial charge in [0.05, 0.1) is 18.6 Å². The molecular formula is C14H18N2O2. The van der Waals surface area contributed by atoms with Crippen molar-refractivity contribution in [3.8, 4) is 5.75 Å². The third-order valence-electron chi connectivity index (χ3n) is 2.38. The van der Waals surface area contributed by atoms with Gasteiger partial charge in [0.15, 0.2) is 0 Å². The van der Waals surface area contributed by atoms with E-state index >= 15 is 0 Å². The molecule has 1 aromatic heterocycles. The Morgan fingerprint density at radius 1 is 1.33 bits per heavy atom. The zero-order valence-corrected chi connectivity index (χ0v) is 10.6. The lowest BCUT2D eigenvalue weighted by molar-refractivity contribution is 0.242. The molecular weight excluding hydrogens is 228 g/mol. The fourth-order valence-corrected chi connectivity index (χ4v) is 1.66. The molecule has 1 heterocycles. The largest absolute Gasteiger partial charge is 0.491 e. The summed E-state index contributed by atoms with van der Waals surface area (Å²) in [7, 11) is 0. The standard InChI is InChI=1S/C14H18N2O2/c1-10(2)18-14-6-12(15)5-13(7-14)16-8-11-3-4-17-9-11/h3-7,9-10,16H,8,15H2,1-2H3. The molecule has 0 aliphatic rings. The molecule has 2 aromatic rings. The third kappa shape index (κ3) is 3.45. The molecule has 0 aliphatic heterocycles. The maximum atomic E-state index is 5.85. The van der Waals surface area contributed by atoms with Gasteiger partial charge < -0.3 is 20.2 Å². The maximum Gasteiger partial charge on any atom is 0.123 e. The van der Waals surface area contributed by atoms with Gasteiger partial charge in [0.2, 0.25) is 0 Å². The second-order valence-electron chi connectivity index (χ2n) is 4.44. The van der Waals surface area contributed by atoms with E-state index in [4.69, 9.17) is 14.9 Å². The predicted molar refractivity (Wildman–Crippen MR) is 72.7 cm³/mol. The first-order chi connectivity index (χ1) is 8.63. The fourth-order valence-electron chi connectivity index (χ4n) is 1.66. The molecule has 0 bridgehead atoms. The average molecular weight is 246 g/mol. The highest BCUT2D eigenvalue weighted by atomic mass is 16.5. The number of benzene rings is 1. The van der Waals surface area contributed by atoms with Crippen molar-refractivity contribution in [3.63, 3.8) is 0 Å². The number of hydrogen-bond acceptors (Lipinski definition) is 4. The number of furan rings is 1. The summed E-state index contributed by atoms with van der Waals surface area (Å²) < 4.78 is 10.6. The van der Waals surface area contributed by atoms with E-state index < -0.39 is 0 Å². The van der Waals surface area contributed by atoms with E-state index in [1.54, 1.807) is 12.5 Å². The molecule has 0 aliphatic carbocycles. The van der Waals surface area contributed by atoms with Gasteiger partial charge in [0.1, 0.15) is 5.75 Å². The maximum absolute atomic E-state index is 5.85. The van der Waals surface area contributed by atoms with Crippen LogP contribution in [0, 0.1) is 0 Å².